The topological polar surface area (TPSA) is 91.9 Å². The predicted octanol–water partition coefficient (Wildman–Crippen LogP) is -0.630. The molecule has 20 heavy (non-hydrogen) atoms. The number of benzene rings is 1. The Morgan fingerprint density at radius 1 is 1.35 bits per heavy atom. The van der Waals surface area contributed by atoms with E-state index in [1.54, 1.807) is 12.6 Å². The Bertz CT molecular complexity index is 399. The third kappa shape index (κ3) is 4.82. The van der Waals surface area contributed by atoms with E-state index in [1.807, 2.05) is 6.07 Å². The van der Waals surface area contributed by atoms with E-state index in [2.05, 4.69) is 24.9 Å². The third-order valence-corrected chi connectivity index (χ3v) is 3.28. The molecular formula is C14H28N4O2+2. The molecule has 0 saturated heterocycles. The van der Waals surface area contributed by atoms with Gasteiger partial charge in [-0.05, 0) is 37.6 Å². The highest BCUT2D eigenvalue weighted by molar-refractivity contribution is 5.55. The zero-order valence-corrected chi connectivity index (χ0v) is 12.7. The monoisotopic (exact) mass is 284 g/mol. The number of fused-ring (bicyclic) bond motifs is 1. The van der Waals surface area contributed by atoms with Gasteiger partial charge in [0.1, 0.15) is 0 Å². The maximum absolute atomic E-state index is 9.19. The number of hydrogen-bond donors (Lipinski definition) is 4. The standard InChI is InChI=1S/C11H17N3O2.C3H9N/c1-14-4-3-8-5-10(12-15)11(13-16-2)6-9(8)7-14;1-2-3-4/h5-6,12-13,15H,3-4,7H2,1-2H3;2-4H2,1H3/p+2. The molecule has 1 aromatic rings. The van der Waals surface area contributed by atoms with Crippen LogP contribution in [0.4, 0.5) is 11.4 Å². The number of nitrogens with zero attached hydrogens (tertiary/aromatic N) is 1. The highest BCUT2D eigenvalue weighted by Gasteiger charge is 2.20. The Labute approximate surface area is 120 Å². The zero-order chi connectivity index (χ0) is 15.0. The Morgan fingerprint density at radius 2 is 2.00 bits per heavy atom. The van der Waals surface area contributed by atoms with Crippen LogP contribution in [0.15, 0.2) is 12.1 Å². The quantitative estimate of drug-likeness (QED) is 0.438. The molecule has 0 atom stereocenters. The summed E-state index contributed by atoms with van der Waals surface area (Å²) in [5, 5.41) is 9.19. The third-order valence-electron chi connectivity index (χ3n) is 3.28. The molecule has 1 aliphatic rings. The Hall–Kier alpha value is -1.02. The molecule has 0 unspecified atom stereocenters. The minimum atomic E-state index is 0.819. The number of hydrogen-bond acceptors (Lipinski definition) is 4. The first kappa shape index (κ1) is 17.0. The molecule has 2 rings (SSSR count). The van der Waals surface area contributed by atoms with E-state index in [0.29, 0.717) is 0 Å². The Morgan fingerprint density at radius 3 is 2.55 bits per heavy atom. The normalized spacial score (nSPS) is 14.4. The fourth-order valence-electron chi connectivity index (χ4n) is 2.13. The SMILES string of the molecule is CCCN.CO[NH2+]c1cc2c(cc1[NH2+]O)CCN(C)C2. The van der Waals surface area contributed by atoms with Gasteiger partial charge in [-0.1, -0.05) is 6.92 Å². The van der Waals surface area contributed by atoms with Gasteiger partial charge in [-0.2, -0.15) is 11.0 Å². The average molecular weight is 284 g/mol. The molecule has 0 spiro atoms. The smallest absolute Gasteiger partial charge is 0.226 e. The summed E-state index contributed by atoms with van der Waals surface area (Å²) in [6.07, 6.45) is 2.14. The van der Waals surface area contributed by atoms with E-state index in [4.69, 9.17) is 10.6 Å². The van der Waals surface area contributed by atoms with Crippen molar-refractivity contribution >= 4 is 11.4 Å². The lowest BCUT2D eigenvalue weighted by Gasteiger charge is -2.24. The van der Waals surface area contributed by atoms with Crippen LogP contribution in [0, 0.1) is 0 Å². The average Bonchev–Trinajstić information content (AvgIpc) is 2.47. The highest BCUT2D eigenvalue weighted by atomic mass is 16.6. The summed E-state index contributed by atoms with van der Waals surface area (Å²) in [4.78, 5) is 7.31. The van der Waals surface area contributed by atoms with Gasteiger partial charge in [-0.15, -0.1) is 0 Å². The summed E-state index contributed by atoms with van der Waals surface area (Å²) < 4.78 is 0. The minimum Gasteiger partial charge on any atom is -0.330 e. The van der Waals surface area contributed by atoms with Crippen molar-refractivity contribution in [3.63, 3.8) is 0 Å². The molecule has 0 bridgehead atoms. The number of quaternary nitrogens is 2. The molecule has 0 radical (unpaired) electrons. The minimum absolute atomic E-state index is 0.819. The second kappa shape index (κ2) is 9.02. The summed E-state index contributed by atoms with van der Waals surface area (Å²) in [7, 11) is 3.74. The fraction of sp³-hybridized carbons (Fsp3) is 0.571. The summed E-state index contributed by atoms with van der Waals surface area (Å²) >= 11 is 0. The number of likely N-dealkylation sites (N-methyl/N-ethyl adjacent to an activating group) is 1. The maximum atomic E-state index is 9.19. The second-order valence-corrected chi connectivity index (χ2v) is 5.01. The summed E-state index contributed by atoms with van der Waals surface area (Å²) in [5.74, 6) is 0. The lowest BCUT2D eigenvalue weighted by Crippen LogP contribution is -2.81. The lowest BCUT2D eigenvalue weighted by atomic mass is 9.98. The Balaban J connectivity index is 0.000000444. The van der Waals surface area contributed by atoms with Crippen LogP contribution in [0.5, 0.6) is 0 Å². The molecule has 6 nitrogen and oxygen atoms in total. The molecule has 0 fully saturated rings. The van der Waals surface area contributed by atoms with Crippen molar-refractivity contribution in [2.75, 3.05) is 27.2 Å². The number of rotatable bonds is 4. The molecule has 1 aliphatic heterocycles. The van der Waals surface area contributed by atoms with Crippen molar-refractivity contribution in [2.45, 2.75) is 26.3 Å². The summed E-state index contributed by atoms with van der Waals surface area (Å²) in [6, 6.07) is 4.14. The lowest BCUT2D eigenvalue weighted by molar-refractivity contribution is -0.853. The molecule has 1 aromatic carbocycles. The van der Waals surface area contributed by atoms with Crippen LogP contribution < -0.4 is 16.7 Å². The number of nitrogens with two attached hydrogens (primary N) is 3. The van der Waals surface area contributed by atoms with Crippen molar-refractivity contribution in [1.29, 1.82) is 0 Å². The molecule has 0 saturated carbocycles. The highest BCUT2D eigenvalue weighted by Crippen LogP contribution is 2.24. The van der Waals surface area contributed by atoms with Gasteiger partial charge in [0.2, 0.25) is 11.4 Å². The first-order valence-electron chi connectivity index (χ1n) is 7.04. The van der Waals surface area contributed by atoms with Crippen molar-refractivity contribution < 1.29 is 21.0 Å². The molecule has 0 aliphatic carbocycles. The van der Waals surface area contributed by atoms with Gasteiger partial charge in [0.05, 0.1) is 7.11 Å². The molecule has 1 heterocycles. The van der Waals surface area contributed by atoms with Gasteiger partial charge in [0, 0.05) is 25.2 Å². The van der Waals surface area contributed by atoms with Gasteiger partial charge in [0.25, 0.3) is 0 Å². The van der Waals surface area contributed by atoms with Gasteiger partial charge in [0.15, 0.2) is 0 Å². The molecule has 0 amide bonds. The molecule has 6 heteroatoms. The van der Waals surface area contributed by atoms with Crippen molar-refractivity contribution in [2.24, 2.45) is 5.73 Å². The van der Waals surface area contributed by atoms with Crippen LogP contribution in [0.1, 0.15) is 24.5 Å². The van der Waals surface area contributed by atoms with E-state index >= 15 is 0 Å². The van der Waals surface area contributed by atoms with Gasteiger partial charge in [-0.3, -0.25) is 0 Å². The Kier molecular flexibility index (Phi) is 7.68. The van der Waals surface area contributed by atoms with Gasteiger partial charge in [-0.25, -0.2) is 10.0 Å². The van der Waals surface area contributed by atoms with Gasteiger partial charge >= 0.3 is 0 Å². The van der Waals surface area contributed by atoms with Crippen LogP contribution in [0.25, 0.3) is 0 Å². The largest absolute Gasteiger partial charge is 0.330 e. The second-order valence-electron chi connectivity index (χ2n) is 5.01. The van der Waals surface area contributed by atoms with Crippen molar-refractivity contribution in [1.82, 2.24) is 4.90 Å². The molecule has 114 valence electrons. The van der Waals surface area contributed by atoms with Crippen molar-refractivity contribution in [3.05, 3.63) is 23.3 Å². The van der Waals surface area contributed by atoms with Crippen LogP contribution in [0.2, 0.25) is 0 Å². The van der Waals surface area contributed by atoms with E-state index in [9.17, 15) is 5.21 Å². The van der Waals surface area contributed by atoms with Crippen LogP contribution >= 0.6 is 0 Å². The first-order chi connectivity index (χ1) is 9.65. The van der Waals surface area contributed by atoms with Gasteiger partial charge < -0.3 is 10.6 Å². The molecule has 7 N–H and O–H groups in total. The summed E-state index contributed by atoms with van der Waals surface area (Å²) in [5.41, 5.74) is 12.2. The molecular weight excluding hydrogens is 256 g/mol. The van der Waals surface area contributed by atoms with Crippen molar-refractivity contribution in [3.8, 4) is 0 Å². The summed E-state index contributed by atoms with van der Waals surface area (Å²) in [6.45, 7) is 4.91. The maximum Gasteiger partial charge on any atom is 0.226 e. The van der Waals surface area contributed by atoms with E-state index < -0.39 is 0 Å². The van der Waals surface area contributed by atoms with Crippen LogP contribution in [-0.2, 0) is 17.8 Å². The predicted molar refractivity (Wildman–Crippen MR) is 77.8 cm³/mol. The van der Waals surface area contributed by atoms with Crippen LogP contribution in [-0.4, -0.2) is 37.4 Å². The van der Waals surface area contributed by atoms with E-state index in [1.165, 1.54) is 11.1 Å². The molecule has 0 aromatic heterocycles. The first-order valence-corrected chi connectivity index (χ1v) is 7.04. The van der Waals surface area contributed by atoms with E-state index in [0.717, 1.165) is 49.3 Å². The van der Waals surface area contributed by atoms with E-state index in [-0.39, 0.29) is 0 Å². The van der Waals surface area contributed by atoms with Crippen LogP contribution in [0.3, 0.4) is 0 Å². The zero-order valence-electron chi connectivity index (χ0n) is 12.7. The fourth-order valence-corrected chi connectivity index (χ4v) is 2.13.